The second-order valence-corrected chi connectivity index (χ2v) is 8.41. The predicted molar refractivity (Wildman–Crippen MR) is 106 cm³/mol. The minimum Gasteiger partial charge on any atom is -0.466 e. The fraction of sp³-hybridized carbons (Fsp3) is 0.650. The number of fused-ring (bicyclic) bond motifs is 1. The Morgan fingerprint density at radius 2 is 1.93 bits per heavy atom. The molecule has 1 aliphatic carbocycles. The van der Waals surface area contributed by atoms with E-state index in [-0.39, 0.29) is 30.3 Å². The third-order valence-corrected chi connectivity index (χ3v) is 6.51. The van der Waals surface area contributed by atoms with E-state index >= 15 is 0 Å². The molecule has 0 saturated carbocycles. The molecule has 1 unspecified atom stereocenters. The number of aryl methyl sites for hydroxylation is 1. The maximum atomic E-state index is 12.6. The fourth-order valence-corrected chi connectivity index (χ4v) is 5.38. The molecule has 0 bridgehead atoms. The van der Waals surface area contributed by atoms with Crippen molar-refractivity contribution < 1.29 is 28.8 Å². The average Bonchev–Trinajstić information content (AvgIpc) is 3.22. The third-order valence-electron chi connectivity index (χ3n) is 5.30. The van der Waals surface area contributed by atoms with E-state index < -0.39 is 0 Å². The highest BCUT2D eigenvalue weighted by Gasteiger charge is 2.32. The van der Waals surface area contributed by atoms with Crippen LogP contribution in [0.25, 0.3) is 0 Å². The van der Waals surface area contributed by atoms with Gasteiger partial charge in [-0.15, -0.1) is 11.3 Å². The number of hydrogen-bond donors (Lipinski definition) is 2. The number of carbonyl (C=O) groups excluding carboxylic acids is 3. The van der Waals surface area contributed by atoms with E-state index in [0.717, 1.165) is 49.1 Å². The van der Waals surface area contributed by atoms with Crippen molar-refractivity contribution in [1.82, 2.24) is 0 Å². The number of esters is 2. The molecule has 28 heavy (non-hydrogen) atoms. The van der Waals surface area contributed by atoms with Gasteiger partial charge in [0, 0.05) is 4.88 Å². The van der Waals surface area contributed by atoms with Crippen molar-refractivity contribution >= 4 is 34.2 Å². The molecular weight excluding hydrogens is 380 g/mol. The number of nitrogens with one attached hydrogen (secondary N) is 2. The van der Waals surface area contributed by atoms with Crippen LogP contribution in [-0.4, -0.2) is 50.7 Å². The molecule has 0 spiro atoms. The topological polar surface area (TPSA) is 86.1 Å². The number of anilines is 1. The van der Waals surface area contributed by atoms with E-state index in [4.69, 9.17) is 9.47 Å². The van der Waals surface area contributed by atoms with Crippen LogP contribution < -0.4 is 10.2 Å². The molecule has 2 heterocycles. The monoisotopic (exact) mass is 409 g/mol. The van der Waals surface area contributed by atoms with Gasteiger partial charge in [-0.05, 0) is 51.5 Å². The summed E-state index contributed by atoms with van der Waals surface area (Å²) in [6, 6.07) is 0. The van der Waals surface area contributed by atoms with Crippen LogP contribution in [0.5, 0.6) is 0 Å². The summed E-state index contributed by atoms with van der Waals surface area (Å²) in [5.41, 5.74) is 1.57. The van der Waals surface area contributed by atoms with Gasteiger partial charge in [0.1, 0.15) is 10.9 Å². The quantitative estimate of drug-likeness (QED) is 0.661. The van der Waals surface area contributed by atoms with Gasteiger partial charge in [0.2, 0.25) is 0 Å². The lowest BCUT2D eigenvalue weighted by Crippen LogP contribution is -3.14. The van der Waals surface area contributed by atoms with Crippen molar-refractivity contribution in [1.29, 1.82) is 0 Å². The van der Waals surface area contributed by atoms with E-state index in [2.05, 4.69) is 5.32 Å². The second-order valence-electron chi connectivity index (χ2n) is 7.30. The summed E-state index contributed by atoms with van der Waals surface area (Å²) in [4.78, 5) is 39.3. The number of hydrogen-bond acceptors (Lipinski definition) is 6. The second kappa shape index (κ2) is 9.52. The van der Waals surface area contributed by atoms with Crippen molar-refractivity contribution in [2.45, 2.75) is 46.0 Å². The van der Waals surface area contributed by atoms with Crippen molar-refractivity contribution in [2.75, 3.05) is 38.2 Å². The highest BCUT2D eigenvalue weighted by molar-refractivity contribution is 7.17. The Morgan fingerprint density at radius 1 is 1.14 bits per heavy atom. The van der Waals surface area contributed by atoms with Gasteiger partial charge in [-0.2, -0.15) is 0 Å². The zero-order chi connectivity index (χ0) is 20.1. The SMILES string of the molecule is CCOC(=O)c1c(NC(=O)C[NH+]2CCC[C@@H](C(=O)OCC)C2)sc2c1CCC2. The van der Waals surface area contributed by atoms with Crippen LogP contribution in [-0.2, 0) is 31.9 Å². The van der Waals surface area contributed by atoms with Crippen LogP contribution in [0.1, 0.15) is 53.9 Å². The molecule has 1 aromatic rings. The molecule has 1 aromatic heterocycles. The summed E-state index contributed by atoms with van der Waals surface area (Å²) in [5.74, 6) is -0.800. The average molecular weight is 410 g/mol. The summed E-state index contributed by atoms with van der Waals surface area (Å²) in [5, 5.41) is 3.54. The smallest absolute Gasteiger partial charge is 0.341 e. The molecule has 154 valence electrons. The number of likely N-dealkylation sites (tertiary alicyclic amines) is 1. The first-order valence-corrected chi connectivity index (χ1v) is 11.0. The number of thiophene rings is 1. The van der Waals surface area contributed by atoms with E-state index in [1.807, 2.05) is 0 Å². The van der Waals surface area contributed by atoms with Gasteiger partial charge in [0.15, 0.2) is 6.54 Å². The summed E-state index contributed by atoms with van der Waals surface area (Å²) in [6.07, 6.45) is 4.55. The van der Waals surface area contributed by atoms with Gasteiger partial charge in [0.25, 0.3) is 5.91 Å². The maximum absolute atomic E-state index is 12.6. The normalized spacial score (nSPS) is 21.1. The first-order valence-electron chi connectivity index (χ1n) is 10.1. The van der Waals surface area contributed by atoms with Crippen molar-refractivity contribution in [3.05, 3.63) is 16.0 Å². The van der Waals surface area contributed by atoms with Gasteiger partial charge < -0.3 is 19.7 Å². The molecule has 2 N–H and O–H groups in total. The molecule has 1 aliphatic heterocycles. The molecule has 8 heteroatoms. The first-order chi connectivity index (χ1) is 13.5. The summed E-state index contributed by atoms with van der Waals surface area (Å²) in [7, 11) is 0. The van der Waals surface area contributed by atoms with Gasteiger partial charge >= 0.3 is 11.9 Å². The lowest BCUT2D eigenvalue weighted by molar-refractivity contribution is -0.899. The van der Waals surface area contributed by atoms with E-state index in [0.29, 0.717) is 30.3 Å². The summed E-state index contributed by atoms with van der Waals surface area (Å²) in [6.45, 7) is 6.02. The van der Waals surface area contributed by atoms with Crippen molar-refractivity contribution in [3.63, 3.8) is 0 Å². The number of amides is 1. The van der Waals surface area contributed by atoms with Crippen LogP contribution >= 0.6 is 11.3 Å². The zero-order valence-corrected chi connectivity index (χ0v) is 17.4. The molecule has 1 saturated heterocycles. The van der Waals surface area contributed by atoms with Crippen LogP contribution in [0.4, 0.5) is 5.00 Å². The van der Waals surface area contributed by atoms with Crippen LogP contribution in [0, 0.1) is 5.92 Å². The number of rotatable bonds is 7. The van der Waals surface area contributed by atoms with Gasteiger partial charge in [-0.1, -0.05) is 0 Å². The highest BCUT2D eigenvalue weighted by Crippen LogP contribution is 2.39. The zero-order valence-electron chi connectivity index (χ0n) is 16.6. The maximum Gasteiger partial charge on any atom is 0.341 e. The van der Waals surface area contributed by atoms with Gasteiger partial charge in [0.05, 0.1) is 31.9 Å². The Kier molecular flexibility index (Phi) is 7.07. The van der Waals surface area contributed by atoms with Gasteiger partial charge in [-0.25, -0.2) is 4.79 Å². The predicted octanol–water partition coefficient (Wildman–Crippen LogP) is 1.21. The Morgan fingerprint density at radius 3 is 2.68 bits per heavy atom. The molecule has 7 nitrogen and oxygen atoms in total. The molecule has 0 aromatic carbocycles. The van der Waals surface area contributed by atoms with Crippen LogP contribution in [0.15, 0.2) is 0 Å². The lowest BCUT2D eigenvalue weighted by Gasteiger charge is -2.28. The molecule has 3 rings (SSSR count). The third kappa shape index (κ3) is 4.72. The minimum absolute atomic E-state index is 0.134. The van der Waals surface area contributed by atoms with Gasteiger partial charge in [-0.3, -0.25) is 9.59 Å². The Hall–Kier alpha value is -1.93. The Labute approximate surface area is 169 Å². The van der Waals surface area contributed by atoms with Crippen LogP contribution in [0.3, 0.4) is 0 Å². The standard InChI is InChI=1S/C20H28N2O5S/c1-3-26-19(24)13-7-6-10-22(11-13)12-16(23)21-18-17(20(25)27-4-2)14-8-5-9-15(14)28-18/h13H,3-12H2,1-2H3,(H,21,23)/p+1/t13-/m1/s1. The first kappa shape index (κ1) is 20.8. The number of ether oxygens (including phenoxy) is 2. The van der Waals surface area contributed by atoms with Crippen molar-refractivity contribution in [3.8, 4) is 0 Å². The Bertz CT molecular complexity index is 745. The molecule has 1 amide bonds. The lowest BCUT2D eigenvalue weighted by atomic mass is 9.98. The highest BCUT2D eigenvalue weighted by atomic mass is 32.1. The number of carbonyl (C=O) groups is 3. The fourth-order valence-electron chi connectivity index (χ4n) is 4.08. The van der Waals surface area contributed by atoms with Crippen molar-refractivity contribution in [2.24, 2.45) is 5.92 Å². The molecule has 0 radical (unpaired) electrons. The number of quaternary nitrogens is 1. The van der Waals surface area contributed by atoms with E-state index in [1.54, 1.807) is 13.8 Å². The number of piperidine rings is 1. The van der Waals surface area contributed by atoms with Crippen LogP contribution in [0.2, 0.25) is 0 Å². The van der Waals surface area contributed by atoms with E-state index in [1.165, 1.54) is 16.2 Å². The summed E-state index contributed by atoms with van der Waals surface area (Å²) >= 11 is 1.49. The van der Waals surface area contributed by atoms with E-state index in [9.17, 15) is 14.4 Å². The minimum atomic E-state index is -0.357. The molecular formula is C20H29N2O5S+. The Balaban J connectivity index is 1.64. The molecule has 2 atom stereocenters. The molecule has 1 fully saturated rings. The largest absolute Gasteiger partial charge is 0.466 e. The molecule has 2 aliphatic rings. The summed E-state index contributed by atoms with van der Waals surface area (Å²) < 4.78 is 10.3.